The summed E-state index contributed by atoms with van der Waals surface area (Å²) < 4.78 is 0. The average Bonchev–Trinajstić information content (AvgIpc) is 3.10. The molecule has 0 aliphatic heterocycles. The zero-order valence-corrected chi connectivity index (χ0v) is 32.7. The van der Waals surface area contributed by atoms with Crippen molar-refractivity contribution in [2.75, 3.05) is 6.61 Å². The standard InChI is InChI=1S/C45H83NO3/c1-3-5-7-9-11-13-15-17-18-19-20-21-22-23-24-25-26-27-29-31-33-35-37-39-41-45(49)46-43(42-47)44(48)40-38-36-34-32-30-28-16-14-12-10-8-6-4-2/h12,14,23-24,30,32,38,40,43-44,47-48H,3-11,13,15-22,25-29,31,33-37,39,41-42H2,1-2H3,(H,46,49)/b14-12+,24-23-,32-30+,40-38+. The maximum atomic E-state index is 12.4. The van der Waals surface area contributed by atoms with E-state index in [0.717, 1.165) is 38.5 Å². The van der Waals surface area contributed by atoms with E-state index in [-0.39, 0.29) is 12.5 Å². The van der Waals surface area contributed by atoms with Crippen molar-refractivity contribution in [1.82, 2.24) is 5.32 Å². The molecule has 0 saturated carbocycles. The molecule has 2 atom stereocenters. The molecule has 0 fully saturated rings. The largest absolute Gasteiger partial charge is 0.394 e. The quantitative estimate of drug-likeness (QED) is 0.0447. The fourth-order valence-corrected chi connectivity index (χ4v) is 6.20. The highest BCUT2D eigenvalue weighted by Gasteiger charge is 2.17. The number of carbonyl (C=O) groups is 1. The van der Waals surface area contributed by atoms with E-state index >= 15 is 0 Å². The molecule has 0 aromatic heterocycles. The Labute approximate surface area is 305 Å². The number of rotatable bonds is 38. The van der Waals surface area contributed by atoms with Gasteiger partial charge in [0.25, 0.3) is 0 Å². The first-order chi connectivity index (χ1) is 24.2. The van der Waals surface area contributed by atoms with Crippen molar-refractivity contribution in [2.45, 2.75) is 225 Å². The molecule has 0 aliphatic rings. The monoisotopic (exact) mass is 686 g/mol. The van der Waals surface area contributed by atoms with Crippen LogP contribution in [0.2, 0.25) is 0 Å². The highest BCUT2D eigenvalue weighted by atomic mass is 16.3. The summed E-state index contributed by atoms with van der Waals surface area (Å²) in [4.78, 5) is 12.4. The van der Waals surface area contributed by atoms with Gasteiger partial charge in [-0.1, -0.05) is 184 Å². The number of allylic oxidation sites excluding steroid dienone is 7. The number of amides is 1. The SMILES string of the molecule is CCCCC/C=C/CC/C=C/CC/C=C/C(O)C(CO)NC(=O)CCCCCCCCCC/C=C\CCCCCCCCCCCCCC. The Hall–Kier alpha value is -1.65. The fourth-order valence-electron chi connectivity index (χ4n) is 6.20. The number of hydrogen-bond donors (Lipinski definition) is 3. The van der Waals surface area contributed by atoms with Crippen LogP contribution in [0.1, 0.15) is 213 Å². The maximum Gasteiger partial charge on any atom is 0.220 e. The second-order valence-corrected chi connectivity index (χ2v) is 14.4. The minimum atomic E-state index is -0.870. The summed E-state index contributed by atoms with van der Waals surface area (Å²) in [5, 5.41) is 22.9. The third kappa shape index (κ3) is 37.4. The zero-order chi connectivity index (χ0) is 35.7. The number of unbranched alkanes of at least 4 members (excludes halogenated alkanes) is 25. The van der Waals surface area contributed by atoms with Gasteiger partial charge in [-0.05, 0) is 70.6 Å². The number of aliphatic hydroxyl groups is 2. The molecule has 0 saturated heterocycles. The highest BCUT2D eigenvalue weighted by molar-refractivity contribution is 5.76. The summed E-state index contributed by atoms with van der Waals surface area (Å²) in [5.41, 5.74) is 0. The Kier molecular flexibility index (Phi) is 39.4. The lowest BCUT2D eigenvalue weighted by atomic mass is 10.0. The highest BCUT2D eigenvalue weighted by Crippen LogP contribution is 2.14. The number of nitrogens with one attached hydrogen (secondary N) is 1. The first-order valence-electron chi connectivity index (χ1n) is 21.4. The van der Waals surface area contributed by atoms with E-state index in [4.69, 9.17) is 0 Å². The fraction of sp³-hybridized carbons (Fsp3) is 0.800. The van der Waals surface area contributed by atoms with E-state index in [9.17, 15) is 15.0 Å². The normalized spacial score (nSPS) is 13.5. The maximum absolute atomic E-state index is 12.4. The molecule has 0 aliphatic carbocycles. The Bertz CT molecular complexity index is 786. The first kappa shape index (κ1) is 47.4. The van der Waals surface area contributed by atoms with E-state index in [1.54, 1.807) is 6.08 Å². The Morgan fingerprint density at radius 3 is 1.22 bits per heavy atom. The van der Waals surface area contributed by atoms with Crippen molar-refractivity contribution in [3.05, 3.63) is 48.6 Å². The zero-order valence-electron chi connectivity index (χ0n) is 32.7. The average molecular weight is 686 g/mol. The Morgan fingerprint density at radius 1 is 0.469 bits per heavy atom. The van der Waals surface area contributed by atoms with Gasteiger partial charge < -0.3 is 15.5 Å². The lowest BCUT2D eigenvalue weighted by Crippen LogP contribution is -2.45. The molecule has 4 heteroatoms. The predicted molar refractivity (Wildman–Crippen MR) is 216 cm³/mol. The van der Waals surface area contributed by atoms with Gasteiger partial charge in [-0.25, -0.2) is 0 Å². The van der Waals surface area contributed by atoms with Crippen molar-refractivity contribution in [3.63, 3.8) is 0 Å². The molecule has 0 aromatic rings. The van der Waals surface area contributed by atoms with E-state index in [1.165, 1.54) is 154 Å². The molecule has 1 amide bonds. The third-order valence-corrected chi connectivity index (χ3v) is 9.51. The summed E-state index contributed by atoms with van der Waals surface area (Å²) in [6.45, 7) is 4.26. The van der Waals surface area contributed by atoms with Crippen LogP contribution in [-0.2, 0) is 4.79 Å². The van der Waals surface area contributed by atoms with Crippen molar-refractivity contribution in [2.24, 2.45) is 0 Å². The van der Waals surface area contributed by atoms with Crippen LogP contribution < -0.4 is 5.32 Å². The van der Waals surface area contributed by atoms with Crippen LogP contribution in [0.25, 0.3) is 0 Å². The van der Waals surface area contributed by atoms with Crippen LogP contribution in [0.4, 0.5) is 0 Å². The van der Waals surface area contributed by atoms with Crippen molar-refractivity contribution >= 4 is 5.91 Å². The molecule has 49 heavy (non-hydrogen) atoms. The summed E-state index contributed by atoms with van der Waals surface area (Å²) >= 11 is 0. The minimum Gasteiger partial charge on any atom is -0.394 e. The number of aliphatic hydroxyl groups excluding tert-OH is 2. The molecule has 0 bridgehead atoms. The van der Waals surface area contributed by atoms with Gasteiger partial charge in [0.05, 0.1) is 18.8 Å². The Morgan fingerprint density at radius 2 is 0.796 bits per heavy atom. The van der Waals surface area contributed by atoms with E-state index < -0.39 is 12.1 Å². The van der Waals surface area contributed by atoms with Crippen LogP contribution in [0.15, 0.2) is 48.6 Å². The lowest BCUT2D eigenvalue weighted by Gasteiger charge is -2.19. The van der Waals surface area contributed by atoms with E-state index in [0.29, 0.717) is 6.42 Å². The van der Waals surface area contributed by atoms with Gasteiger partial charge >= 0.3 is 0 Å². The predicted octanol–water partition coefficient (Wildman–Crippen LogP) is 13.2. The van der Waals surface area contributed by atoms with Crippen molar-refractivity contribution < 1.29 is 15.0 Å². The molecular formula is C45H83NO3. The molecule has 0 radical (unpaired) electrons. The Balaban J connectivity index is 3.58. The summed E-state index contributed by atoms with van der Waals surface area (Å²) in [6.07, 6.45) is 55.1. The molecule has 0 heterocycles. The van der Waals surface area contributed by atoms with Gasteiger partial charge in [0.15, 0.2) is 0 Å². The van der Waals surface area contributed by atoms with Crippen molar-refractivity contribution in [1.29, 1.82) is 0 Å². The van der Waals surface area contributed by atoms with Gasteiger partial charge in [0, 0.05) is 6.42 Å². The molecule has 286 valence electrons. The molecule has 4 nitrogen and oxygen atoms in total. The molecule has 0 aromatic carbocycles. The smallest absolute Gasteiger partial charge is 0.220 e. The van der Waals surface area contributed by atoms with Crippen LogP contribution in [-0.4, -0.2) is 34.9 Å². The topological polar surface area (TPSA) is 69.6 Å². The minimum absolute atomic E-state index is 0.0827. The van der Waals surface area contributed by atoms with Gasteiger partial charge in [-0.2, -0.15) is 0 Å². The first-order valence-corrected chi connectivity index (χ1v) is 21.4. The summed E-state index contributed by atoms with van der Waals surface area (Å²) in [5.74, 6) is -0.0827. The third-order valence-electron chi connectivity index (χ3n) is 9.51. The molecular weight excluding hydrogens is 602 g/mol. The van der Waals surface area contributed by atoms with Crippen LogP contribution in [0.3, 0.4) is 0 Å². The number of hydrogen-bond acceptors (Lipinski definition) is 3. The second kappa shape index (κ2) is 40.8. The van der Waals surface area contributed by atoms with Gasteiger partial charge in [0.2, 0.25) is 5.91 Å². The van der Waals surface area contributed by atoms with Gasteiger partial charge in [0.1, 0.15) is 0 Å². The van der Waals surface area contributed by atoms with Crippen molar-refractivity contribution in [3.8, 4) is 0 Å². The second-order valence-electron chi connectivity index (χ2n) is 14.4. The summed E-state index contributed by atoms with van der Waals surface area (Å²) in [7, 11) is 0. The molecule has 2 unspecified atom stereocenters. The van der Waals surface area contributed by atoms with Crippen LogP contribution in [0, 0.1) is 0 Å². The lowest BCUT2D eigenvalue weighted by molar-refractivity contribution is -0.123. The van der Waals surface area contributed by atoms with Gasteiger partial charge in [-0.15, -0.1) is 0 Å². The van der Waals surface area contributed by atoms with E-state index in [2.05, 4.69) is 55.6 Å². The molecule has 3 N–H and O–H groups in total. The summed E-state index contributed by atoms with van der Waals surface area (Å²) in [6, 6.07) is -0.646. The van der Waals surface area contributed by atoms with Crippen LogP contribution in [0.5, 0.6) is 0 Å². The molecule has 0 spiro atoms. The number of carbonyl (C=O) groups excluding carboxylic acids is 1. The molecule has 0 rings (SSSR count). The van der Waals surface area contributed by atoms with Crippen LogP contribution >= 0.6 is 0 Å². The van der Waals surface area contributed by atoms with E-state index in [1.807, 2.05) is 6.08 Å². The van der Waals surface area contributed by atoms with Gasteiger partial charge in [-0.3, -0.25) is 4.79 Å².